The third kappa shape index (κ3) is 1.41. The first-order valence-corrected chi connectivity index (χ1v) is 4.55. The lowest BCUT2D eigenvalue weighted by molar-refractivity contribution is 0.100. The van der Waals surface area contributed by atoms with E-state index < -0.39 is 5.91 Å². The van der Waals surface area contributed by atoms with E-state index in [4.69, 9.17) is 5.73 Å². The summed E-state index contributed by atoms with van der Waals surface area (Å²) >= 11 is 0. The zero-order chi connectivity index (χ0) is 11.0. The van der Waals surface area contributed by atoms with Gasteiger partial charge in [0.25, 0.3) is 5.91 Å². The Bertz CT molecular complexity index is 515. The van der Waals surface area contributed by atoms with E-state index in [1.165, 1.54) is 0 Å². The summed E-state index contributed by atoms with van der Waals surface area (Å²) in [6.45, 7) is 0. The zero-order valence-electron chi connectivity index (χ0n) is 8.64. The molecule has 15 heavy (non-hydrogen) atoms. The lowest BCUT2D eigenvalue weighted by Gasteiger charge is -2.08. The number of anilines is 1. The first-order valence-electron chi connectivity index (χ1n) is 4.55. The molecular weight excluding hydrogens is 192 g/mol. The molecule has 0 fully saturated rings. The third-order valence-electron chi connectivity index (χ3n) is 2.19. The lowest BCUT2D eigenvalue weighted by Crippen LogP contribution is -2.17. The second-order valence-corrected chi connectivity index (χ2v) is 3.49. The number of nitrogens with zero attached hydrogens (tertiary/aromatic N) is 3. The van der Waals surface area contributed by atoms with Crippen LogP contribution in [-0.2, 0) is 0 Å². The standard InChI is InChI=1S/C10H12N4O/c1-13(2)10-8(9(11)15)7-5-3-4-6-14(7)12-10/h3-6H,1-2H3,(H2,11,15). The van der Waals surface area contributed by atoms with Gasteiger partial charge in [0.05, 0.1) is 5.52 Å². The number of aromatic nitrogens is 2. The van der Waals surface area contributed by atoms with Crippen molar-refractivity contribution >= 4 is 17.2 Å². The van der Waals surface area contributed by atoms with Crippen LogP contribution in [0.4, 0.5) is 5.82 Å². The molecule has 78 valence electrons. The van der Waals surface area contributed by atoms with Crippen molar-refractivity contribution in [2.24, 2.45) is 5.73 Å². The summed E-state index contributed by atoms with van der Waals surface area (Å²) in [6.07, 6.45) is 1.79. The number of carbonyl (C=O) groups excluding carboxylic acids is 1. The van der Waals surface area contributed by atoms with Gasteiger partial charge in [0, 0.05) is 20.3 Å². The molecule has 1 amide bonds. The Balaban J connectivity index is 2.80. The number of pyridine rings is 1. The zero-order valence-corrected chi connectivity index (χ0v) is 8.64. The Morgan fingerprint density at radius 3 is 2.80 bits per heavy atom. The highest BCUT2D eigenvalue weighted by atomic mass is 16.1. The normalized spacial score (nSPS) is 10.5. The van der Waals surface area contributed by atoms with Crippen molar-refractivity contribution in [1.82, 2.24) is 9.61 Å². The molecule has 2 heterocycles. The van der Waals surface area contributed by atoms with Gasteiger partial charge in [-0.2, -0.15) is 0 Å². The van der Waals surface area contributed by atoms with E-state index in [0.29, 0.717) is 11.4 Å². The van der Waals surface area contributed by atoms with Gasteiger partial charge in [0.1, 0.15) is 5.56 Å². The monoisotopic (exact) mass is 204 g/mol. The van der Waals surface area contributed by atoms with Gasteiger partial charge in [-0.1, -0.05) is 6.07 Å². The molecule has 5 heteroatoms. The maximum Gasteiger partial charge on any atom is 0.254 e. The third-order valence-corrected chi connectivity index (χ3v) is 2.19. The predicted octanol–water partition coefficient (Wildman–Crippen LogP) is 0.499. The van der Waals surface area contributed by atoms with Gasteiger partial charge < -0.3 is 10.6 Å². The van der Waals surface area contributed by atoms with Crippen molar-refractivity contribution in [3.8, 4) is 0 Å². The quantitative estimate of drug-likeness (QED) is 0.774. The van der Waals surface area contributed by atoms with Crippen LogP contribution in [-0.4, -0.2) is 29.6 Å². The van der Waals surface area contributed by atoms with Crippen molar-refractivity contribution < 1.29 is 4.79 Å². The molecule has 0 atom stereocenters. The lowest BCUT2D eigenvalue weighted by atomic mass is 10.2. The second kappa shape index (κ2) is 3.27. The number of hydrogen-bond donors (Lipinski definition) is 1. The van der Waals surface area contributed by atoms with Crippen molar-refractivity contribution in [2.45, 2.75) is 0 Å². The molecule has 2 aromatic heterocycles. The Hall–Kier alpha value is -2.04. The first kappa shape index (κ1) is 9.51. The maximum atomic E-state index is 11.3. The molecule has 0 bridgehead atoms. The fourth-order valence-electron chi connectivity index (χ4n) is 1.54. The van der Waals surface area contributed by atoms with Gasteiger partial charge in [-0.15, -0.1) is 5.10 Å². The molecule has 2 aromatic rings. The highest BCUT2D eigenvalue weighted by molar-refractivity contribution is 6.04. The molecule has 5 nitrogen and oxygen atoms in total. The van der Waals surface area contributed by atoms with Crippen LogP contribution >= 0.6 is 0 Å². The average molecular weight is 204 g/mol. The molecule has 0 aliphatic heterocycles. The van der Waals surface area contributed by atoms with Crippen molar-refractivity contribution in [1.29, 1.82) is 0 Å². The van der Waals surface area contributed by atoms with E-state index in [2.05, 4.69) is 5.10 Å². The van der Waals surface area contributed by atoms with Gasteiger partial charge in [0.2, 0.25) is 0 Å². The van der Waals surface area contributed by atoms with E-state index in [1.807, 2.05) is 32.3 Å². The van der Waals surface area contributed by atoms with E-state index in [1.54, 1.807) is 15.6 Å². The van der Waals surface area contributed by atoms with Crippen molar-refractivity contribution in [3.05, 3.63) is 30.0 Å². The summed E-state index contributed by atoms with van der Waals surface area (Å²) in [5, 5.41) is 4.28. The summed E-state index contributed by atoms with van der Waals surface area (Å²) < 4.78 is 1.65. The van der Waals surface area contributed by atoms with Gasteiger partial charge in [-0.05, 0) is 12.1 Å². The number of hydrogen-bond acceptors (Lipinski definition) is 3. The predicted molar refractivity (Wildman–Crippen MR) is 58.0 cm³/mol. The number of carbonyl (C=O) groups is 1. The molecule has 2 N–H and O–H groups in total. The highest BCUT2D eigenvalue weighted by Crippen LogP contribution is 2.21. The van der Waals surface area contributed by atoms with E-state index in [0.717, 1.165) is 5.52 Å². The topological polar surface area (TPSA) is 63.6 Å². The van der Waals surface area contributed by atoms with Crippen LogP contribution in [0.5, 0.6) is 0 Å². The van der Waals surface area contributed by atoms with Crippen molar-refractivity contribution in [3.63, 3.8) is 0 Å². The molecule has 0 unspecified atom stereocenters. The van der Waals surface area contributed by atoms with E-state index in [9.17, 15) is 4.79 Å². The minimum atomic E-state index is -0.458. The van der Waals surface area contributed by atoms with Crippen LogP contribution in [0, 0.1) is 0 Å². The minimum Gasteiger partial charge on any atom is -0.365 e. The fourth-order valence-corrected chi connectivity index (χ4v) is 1.54. The summed E-state index contributed by atoms with van der Waals surface area (Å²) in [7, 11) is 3.66. The molecule has 0 radical (unpaired) electrons. The van der Waals surface area contributed by atoms with Gasteiger partial charge >= 0.3 is 0 Å². The molecule has 0 aliphatic carbocycles. The number of rotatable bonds is 2. The molecular formula is C10H12N4O. The summed E-state index contributed by atoms with van der Waals surface area (Å²) in [5.74, 6) is 0.133. The van der Waals surface area contributed by atoms with Gasteiger partial charge in [-0.25, -0.2) is 4.52 Å². The number of nitrogens with two attached hydrogens (primary N) is 1. The SMILES string of the molecule is CN(C)c1nn2ccccc2c1C(N)=O. The molecule has 0 saturated heterocycles. The smallest absolute Gasteiger partial charge is 0.254 e. The molecule has 0 aliphatic rings. The molecule has 0 aromatic carbocycles. The van der Waals surface area contributed by atoms with Crippen LogP contribution in [0.15, 0.2) is 24.4 Å². The number of amides is 1. The summed E-state index contributed by atoms with van der Waals surface area (Å²) in [6, 6.07) is 5.52. The first-order chi connectivity index (χ1) is 7.11. The van der Waals surface area contributed by atoms with Crippen LogP contribution in [0.1, 0.15) is 10.4 Å². The fraction of sp³-hybridized carbons (Fsp3) is 0.200. The van der Waals surface area contributed by atoms with E-state index >= 15 is 0 Å². The average Bonchev–Trinajstić information content (AvgIpc) is 2.56. The Kier molecular flexibility index (Phi) is 2.07. The van der Waals surface area contributed by atoms with Crippen molar-refractivity contribution in [2.75, 3.05) is 19.0 Å². The Labute approximate surface area is 87.1 Å². The van der Waals surface area contributed by atoms with E-state index in [-0.39, 0.29) is 0 Å². The molecule has 0 saturated carbocycles. The van der Waals surface area contributed by atoms with Crippen LogP contribution in [0.25, 0.3) is 5.52 Å². The maximum absolute atomic E-state index is 11.3. The van der Waals surface area contributed by atoms with Gasteiger partial charge in [-0.3, -0.25) is 4.79 Å². The Morgan fingerprint density at radius 1 is 1.47 bits per heavy atom. The van der Waals surface area contributed by atoms with Crippen LogP contribution in [0.3, 0.4) is 0 Å². The second-order valence-electron chi connectivity index (χ2n) is 3.49. The Morgan fingerprint density at radius 2 is 2.20 bits per heavy atom. The largest absolute Gasteiger partial charge is 0.365 e. The number of fused-ring (bicyclic) bond motifs is 1. The van der Waals surface area contributed by atoms with Crippen LogP contribution < -0.4 is 10.6 Å². The van der Waals surface area contributed by atoms with Crippen LogP contribution in [0.2, 0.25) is 0 Å². The molecule has 0 spiro atoms. The summed E-state index contributed by atoms with van der Waals surface area (Å²) in [4.78, 5) is 13.1. The highest BCUT2D eigenvalue weighted by Gasteiger charge is 2.18. The van der Waals surface area contributed by atoms with Gasteiger partial charge in [0.15, 0.2) is 5.82 Å². The minimum absolute atomic E-state index is 0.458. The molecule has 2 rings (SSSR count). The number of primary amides is 1. The summed E-state index contributed by atoms with van der Waals surface area (Å²) in [5.41, 5.74) is 6.53.